The van der Waals surface area contributed by atoms with Crippen molar-refractivity contribution in [1.82, 2.24) is 10.3 Å². The molecule has 2 aromatic rings. The number of ether oxygens (including phenoxy) is 1. The lowest BCUT2D eigenvalue weighted by Gasteiger charge is -2.19. The molecule has 1 amide bonds. The summed E-state index contributed by atoms with van der Waals surface area (Å²) in [7, 11) is 0. The number of carbonyl (C=O) groups excluding carboxylic acids is 1. The van der Waals surface area contributed by atoms with Gasteiger partial charge in [0.15, 0.2) is 10.8 Å². The minimum Gasteiger partial charge on any atom is -0.462 e. The molecule has 0 spiro atoms. The van der Waals surface area contributed by atoms with E-state index in [1.54, 1.807) is 6.26 Å². The molecule has 1 aliphatic heterocycles. The lowest BCUT2D eigenvalue weighted by atomic mass is 10.1. The summed E-state index contributed by atoms with van der Waals surface area (Å²) < 4.78 is 10.9. The lowest BCUT2D eigenvalue weighted by Crippen LogP contribution is -2.41. The minimum absolute atomic E-state index is 0.0192. The first kappa shape index (κ1) is 14.3. The molecule has 5 nitrogen and oxygen atoms in total. The van der Waals surface area contributed by atoms with Crippen LogP contribution in [0.1, 0.15) is 25.5 Å². The van der Waals surface area contributed by atoms with Crippen molar-refractivity contribution in [2.75, 3.05) is 6.61 Å². The van der Waals surface area contributed by atoms with Crippen LogP contribution in [-0.4, -0.2) is 29.6 Å². The van der Waals surface area contributed by atoms with Crippen LogP contribution < -0.4 is 5.32 Å². The molecule has 0 aliphatic carbocycles. The van der Waals surface area contributed by atoms with Crippen LogP contribution in [0.2, 0.25) is 0 Å². The summed E-state index contributed by atoms with van der Waals surface area (Å²) in [5.74, 6) is 0.716. The van der Waals surface area contributed by atoms with Crippen LogP contribution in [0.5, 0.6) is 0 Å². The summed E-state index contributed by atoms with van der Waals surface area (Å²) in [5.41, 5.74) is 0.767. The Morgan fingerprint density at radius 2 is 2.52 bits per heavy atom. The van der Waals surface area contributed by atoms with Gasteiger partial charge in [-0.3, -0.25) is 4.79 Å². The summed E-state index contributed by atoms with van der Waals surface area (Å²) in [6, 6.07) is 3.73. The largest absolute Gasteiger partial charge is 0.462 e. The van der Waals surface area contributed by atoms with E-state index in [0.29, 0.717) is 0 Å². The molecule has 0 radical (unpaired) electrons. The molecule has 0 saturated carbocycles. The van der Waals surface area contributed by atoms with Gasteiger partial charge in [0.2, 0.25) is 5.91 Å². The molecule has 0 unspecified atom stereocenters. The number of furan rings is 1. The van der Waals surface area contributed by atoms with Crippen molar-refractivity contribution in [1.29, 1.82) is 0 Å². The molecule has 3 rings (SSSR count). The van der Waals surface area contributed by atoms with E-state index in [9.17, 15) is 4.79 Å². The highest BCUT2D eigenvalue weighted by atomic mass is 32.1. The van der Waals surface area contributed by atoms with Crippen LogP contribution >= 0.6 is 11.3 Å². The number of nitrogens with one attached hydrogen (secondary N) is 1. The molecular formula is C15H18N2O3S. The third kappa shape index (κ3) is 3.51. The standard InChI is InChI=1S/C15H18N2O3S/c1-10(12-4-2-6-19-12)16-14(18)8-11-9-21-15(17-11)13-5-3-7-20-13/h3,5,7,9-10,12H,2,4,6,8H2,1H3,(H,16,18)/t10-,12+/m1/s1. The molecule has 1 saturated heterocycles. The number of rotatable bonds is 5. The summed E-state index contributed by atoms with van der Waals surface area (Å²) in [5, 5.41) is 5.69. The summed E-state index contributed by atoms with van der Waals surface area (Å²) >= 11 is 1.48. The van der Waals surface area contributed by atoms with Gasteiger partial charge in [0.05, 0.1) is 30.5 Å². The second kappa shape index (κ2) is 6.41. The average molecular weight is 306 g/mol. The molecule has 2 aromatic heterocycles. The Kier molecular flexibility index (Phi) is 4.36. The first-order valence-electron chi connectivity index (χ1n) is 7.11. The fourth-order valence-electron chi connectivity index (χ4n) is 2.46. The van der Waals surface area contributed by atoms with Crippen LogP contribution in [0.3, 0.4) is 0 Å². The molecule has 0 bridgehead atoms. The second-order valence-corrected chi connectivity index (χ2v) is 6.06. The zero-order valence-corrected chi connectivity index (χ0v) is 12.7. The summed E-state index contributed by atoms with van der Waals surface area (Å²) in [4.78, 5) is 16.5. The van der Waals surface area contributed by atoms with Gasteiger partial charge in [0, 0.05) is 12.0 Å². The van der Waals surface area contributed by atoms with E-state index in [0.717, 1.165) is 35.9 Å². The smallest absolute Gasteiger partial charge is 0.226 e. The maximum atomic E-state index is 12.0. The van der Waals surface area contributed by atoms with Crippen molar-refractivity contribution in [3.63, 3.8) is 0 Å². The van der Waals surface area contributed by atoms with Crippen molar-refractivity contribution in [3.8, 4) is 10.8 Å². The topological polar surface area (TPSA) is 64.4 Å². The number of hydrogen-bond acceptors (Lipinski definition) is 5. The maximum Gasteiger partial charge on any atom is 0.226 e. The second-order valence-electron chi connectivity index (χ2n) is 5.21. The van der Waals surface area contributed by atoms with Gasteiger partial charge in [0.25, 0.3) is 0 Å². The van der Waals surface area contributed by atoms with Crippen molar-refractivity contribution >= 4 is 17.2 Å². The summed E-state index contributed by atoms with van der Waals surface area (Å²) in [6.45, 7) is 2.78. The van der Waals surface area contributed by atoms with Gasteiger partial charge in [-0.15, -0.1) is 11.3 Å². The fourth-order valence-corrected chi connectivity index (χ4v) is 3.25. The molecule has 2 atom stereocenters. The highest BCUT2D eigenvalue weighted by Gasteiger charge is 2.23. The van der Waals surface area contributed by atoms with Crippen LogP contribution in [-0.2, 0) is 16.0 Å². The van der Waals surface area contributed by atoms with Gasteiger partial charge in [0.1, 0.15) is 0 Å². The number of amides is 1. The van der Waals surface area contributed by atoms with Gasteiger partial charge < -0.3 is 14.5 Å². The van der Waals surface area contributed by atoms with E-state index < -0.39 is 0 Å². The number of hydrogen-bond donors (Lipinski definition) is 1. The van der Waals surface area contributed by atoms with Crippen LogP contribution in [0, 0.1) is 0 Å². The Balaban J connectivity index is 1.55. The Bertz CT molecular complexity index is 588. The Labute approximate surface area is 127 Å². The van der Waals surface area contributed by atoms with Crippen molar-refractivity contribution in [3.05, 3.63) is 29.5 Å². The monoisotopic (exact) mass is 306 g/mol. The summed E-state index contributed by atoms with van der Waals surface area (Å²) in [6.07, 6.45) is 4.13. The third-order valence-electron chi connectivity index (χ3n) is 3.54. The average Bonchev–Trinajstić information content (AvgIpc) is 3.21. The normalized spacial score (nSPS) is 19.6. The van der Waals surface area contributed by atoms with Crippen molar-refractivity contribution < 1.29 is 13.9 Å². The molecule has 112 valence electrons. The molecule has 1 N–H and O–H groups in total. The first-order valence-corrected chi connectivity index (χ1v) is 7.99. The predicted molar refractivity (Wildman–Crippen MR) is 80.1 cm³/mol. The highest BCUT2D eigenvalue weighted by molar-refractivity contribution is 7.13. The third-order valence-corrected chi connectivity index (χ3v) is 4.44. The maximum absolute atomic E-state index is 12.0. The molecule has 3 heterocycles. The van der Waals surface area contributed by atoms with Gasteiger partial charge in [-0.25, -0.2) is 4.98 Å². The SMILES string of the molecule is C[C@@H](NC(=O)Cc1csc(-c2ccco2)n1)[C@@H]1CCCO1. The zero-order chi connectivity index (χ0) is 14.7. The van der Waals surface area contributed by atoms with E-state index in [2.05, 4.69) is 10.3 Å². The highest BCUT2D eigenvalue weighted by Crippen LogP contribution is 2.24. The molecule has 1 aliphatic rings. The Hall–Kier alpha value is -1.66. The minimum atomic E-state index is -0.0192. The molecule has 0 aromatic carbocycles. The van der Waals surface area contributed by atoms with E-state index in [-0.39, 0.29) is 24.5 Å². The number of aromatic nitrogens is 1. The van der Waals surface area contributed by atoms with Gasteiger partial charge in [-0.05, 0) is 31.9 Å². The number of nitrogens with zero attached hydrogens (tertiary/aromatic N) is 1. The van der Waals surface area contributed by atoms with Crippen molar-refractivity contribution in [2.45, 2.75) is 38.3 Å². The van der Waals surface area contributed by atoms with E-state index in [1.807, 2.05) is 24.4 Å². The number of carbonyl (C=O) groups is 1. The lowest BCUT2D eigenvalue weighted by molar-refractivity contribution is -0.121. The Morgan fingerprint density at radius 3 is 3.24 bits per heavy atom. The first-order chi connectivity index (χ1) is 10.2. The van der Waals surface area contributed by atoms with Gasteiger partial charge in [-0.1, -0.05) is 0 Å². The van der Waals surface area contributed by atoms with E-state index in [4.69, 9.17) is 9.15 Å². The zero-order valence-electron chi connectivity index (χ0n) is 11.9. The quantitative estimate of drug-likeness (QED) is 0.922. The Morgan fingerprint density at radius 1 is 1.62 bits per heavy atom. The van der Waals surface area contributed by atoms with Crippen LogP contribution in [0.15, 0.2) is 28.2 Å². The molecule has 21 heavy (non-hydrogen) atoms. The number of thiazole rings is 1. The molecule has 6 heteroatoms. The van der Waals surface area contributed by atoms with E-state index >= 15 is 0 Å². The van der Waals surface area contributed by atoms with Gasteiger partial charge >= 0.3 is 0 Å². The van der Waals surface area contributed by atoms with Crippen LogP contribution in [0.25, 0.3) is 10.8 Å². The van der Waals surface area contributed by atoms with Gasteiger partial charge in [-0.2, -0.15) is 0 Å². The molecular weight excluding hydrogens is 288 g/mol. The van der Waals surface area contributed by atoms with Crippen LogP contribution in [0.4, 0.5) is 0 Å². The molecule has 1 fully saturated rings. The fraction of sp³-hybridized carbons (Fsp3) is 0.467. The predicted octanol–water partition coefficient (Wildman–Crippen LogP) is 2.63. The van der Waals surface area contributed by atoms with Crippen molar-refractivity contribution in [2.24, 2.45) is 0 Å². The van der Waals surface area contributed by atoms with E-state index in [1.165, 1.54) is 11.3 Å².